The first-order valence-electron chi connectivity index (χ1n) is 7.50. The van der Waals surface area contributed by atoms with Crippen LogP contribution in [0.15, 0.2) is 11.6 Å². The second kappa shape index (κ2) is 5.69. The van der Waals surface area contributed by atoms with Gasteiger partial charge in [0.05, 0.1) is 17.7 Å². The number of fused-ring (bicyclic) bond motifs is 1. The fraction of sp³-hybridized carbons (Fsp3) is 0.765. The van der Waals surface area contributed by atoms with Gasteiger partial charge in [0.2, 0.25) is 0 Å². The Labute approximate surface area is 118 Å². The molecule has 1 aliphatic heterocycles. The number of hydrogen-bond acceptors (Lipinski definition) is 2. The van der Waals surface area contributed by atoms with Gasteiger partial charge in [-0.3, -0.25) is 4.90 Å². The Morgan fingerprint density at radius 1 is 1.58 bits per heavy atom. The number of allylic oxidation sites excluding steroid dienone is 1. The van der Waals surface area contributed by atoms with Crippen molar-refractivity contribution >= 4 is 0 Å². The van der Waals surface area contributed by atoms with Crippen molar-refractivity contribution in [2.24, 2.45) is 5.92 Å². The maximum absolute atomic E-state index is 6.03. The lowest BCUT2D eigenvalue weighted by Crippen LogP contribution is -2.60. The van der Waals surface area contributed by atoms with Gasteiger partial charge < -0.3 is 4.74 Å². The molecule has 1 saturated heterocycles. The largest absolute Gasteiger partial charge is 0.374 e. The third-order valence-electron chi connectivity index (χ3n) is 4.80. The van der Waals surface area contributed by atoms with Crippen LogP contribution in [0.3, 0.4) is 0 Å². The summed E-state index contributed by atoms with van der Waals surface area (Å²) in [6.45, 7) is 7.56. The van der Waals surface area contributed by atoms with Crippen LogP contribution in [-0.4, -0.2) is 36.2 Å². The Morgan fingerprint density at radius 3 is 2.95 bits per heavy atom. The molecule has 0 aromatic carbocycles. The second-order valence-corrected chi connectivity index (χ2v) is 6.40. The van der Waals surface area contributed by atoms with E-state index < -0.39 is 0 Å². The number of nitrogens with zero attached hydrogens (tertiary/aromatic N) is 1. The number of terminal acetylenes is 1. The molecular weight excluding hydrogens is 234 g/mol. The summed E-state index contributed by atoms with van der Waals surface area (Å²) in [5.41, 5.74) is 1.60. The highest BCUT2D eigenvalue weighted by Crippen LogP contribution is 2.46. The summed E-state index contributed by atoms with van der Waals surface area (Å²) in [6, 6.07) is 0. The third-order valence-corrected chi connectivity index (χ3v) is 4.80. The lowest BCUT2D eigenvalue weighted by Gasteiger charge is -2.54. The molecule has 0 saturated carbocycles. The van der Waals surface area contributed by atoms with Crippen LogP contribution in [0, 0.1) is 18.3 Å². The minimum Gasteiger partial charge on any atom is -0.374 e. The maximum Gasteiger partial charge on any atom is 0.0743 e. The number of likely N-dealkylation sites (N-methyl/N-ethyl adjacent to an activating group) is 1. The Hall–Kier alpha value is -0.780. The molecule has 19 heavy (non-hydrogen) atoms. The molecule has 0 aromatic rings. The number of hydrogen-bond donors (Lipinski definition) is 0. The molecule has 2 nitrogen and oxygen atoms in total. The van der Waals surface area contributed by atoms with Gasteiger partial charge >= 0.3 is 0 Å². The molecule has 2 rings (SSSR count). The smallest absolute Gasteiger partial charge is 0.0743 e. The molecule has 2 heteroatoms. The van der Waals surface area contributed by atoms with E-state index in [2.05, 4.69) is 44.7 Å². The molecule has 0 radical (unpaired) electrons. The van der Waals surface area contributed by atoms with Gasteiger partial charge in [0.25, 0.3) is 0 Å². The fourth-order valence-electron chi connectivity index (χ4n) is 3.95. The van der Waals surface area contributed by atoms with Crippen LogP contribution in [0.25, 0.3) is 0 Å². The van der Waals surface area contributed by atoms with Crippen molar-refractivity contribution in [1.29, 1.82) is 0 Å². The standard InChI is InChI=1S/C17H27NO/c1-6-10-17-14(4)8-7-9-15(17)11-16(12-18(17)5)19-13(2)3/h1,9,13-14,16H,7-8,10-12H2,2-5H3/t14-,16?,17-/m0/s1. The first-order chi connectivity index (χ1) is 9.00. The summed E-state index contributed by atoms with van der Waals surface area (Å²) in [5, 5.41) is 0. The molecule has 0 bridgehead atoms. The van der Waals surface area contributed by atoms with Crippen molar-refractivity contribution in [2.45, 2.75) is 64.2 Å². The van der Waals surface area contributed by atoms with Crippen molar-refractivity contribution in [3.05, 3.63) is 11.6 Å². The topological polar surface area (TPSA) is 12.5 Å². The van der Waals surface area contributed by atoms with Gasteiger partial charge in [-0.15, -0.1) is 12.3 Å². The summed E-state index contributed by atoms with van der Waals surface area (Å²) in [6.07, 6.45) is 13.0. The first kappa shape index (κ1) is 14.6. The Bertz CT molecular complexity index is 393. The van der Waals surface area contributed by atoms with E-state index in [9.17, 15) is 0 Å². The van der Waals surface area contributed by atoms with Crippen LogP contribution in [0.1, 0.15) is 46.5 Å². The van der Waals surface area contributed by atoms with E-state index in [1.807, 2.05) is 0 Å². The molecule has 3 atom stereocenters. The van der Waals surface area contributed by atoms with Gasteiger partial charge in [0, 0.05) is 13.0 Å². The minimum atomic E-state index is 0.0871. The van der Waals surface area contributed by atoms with Crippen molar-refractivity contribution in [2.75, 3.05) is 13.6 Å². The Balaban J connectivity index is 2.26. The lowest BCUT2D eigenvalue weighted by molar-refractivity contribution is -0.0575. The molecule has 1 fully saturated rings. The predicted octanol–water partition coefficient (Wildman–Crippen LogP) is 3.23. The van der Waals surface area contributed by atoms with E-state index in [4.69, 9.17) is 11.2 Å². The Morgan fingerprint density at radius 2 is 2.32 bits per heavy atom. The van der Waals surface area contributed by atoms with Crippen molar-refractivity contribution in [3.8, 4) is 12.3 Å². The predicted molar refractivity (Wildman–Crippen MR) is 79.9 cm³/mol. The van der Waals surface area contributed by atoms with Crippen LogP contribution in [0.5, 0.6) is 0 Å². The lowest BCUT2D eigenvalue weighted by atomic mass is 9.66. The summed E-state index contributed by atoms with van der Waals surface area (Å²) < 4.78 is 6.03. The quantitative estimate of drug-likeness (QED) is 0.571. The summed E-state index contributed by atoms with van der Waals surface area (Å²) in [7, 11) is 2.21. The van der Waals surface area contributed by atoms with Crippen LogP contribution in [0.2, 0.25) is 0 Å². The number of ether oxygens (including phenoxy) is 1. The second-order valence-electron chi connectivity index (χ2n) is 6.40. The van der Waals surface area contributed by atoms with Crippen LogP contribution in [0.4, 0.5) is 0 Å². The van der Waals surface area contributed by atoms with Gasteiger partial charge in [-0.2, -0.15) is 0 Å². The average molecular weight is 261 g/mol. The zero-order chi connectivity index (χ0) is 14.0. The third kappa shape index (κ3) is 2.59. The highest BCUT2D eigenvalue weighted by atomic mass is 16.5. The highest BCUT2D eigenvalue weighted by Gasteiger charge is 2.48. The van der Waals surface area contributed by atoms with Crippen molar-refractivity contribution < 1.29 is 4.74 Å². The fourth-order valence-corrected chi connectivity index (χ4v) is 3.95. The molecule has 106 valence electrons. The summed E-state index contributed by atoms with van der Waals surface area (Å²) in [5.74, 6) is 3.55. The van der Waals surface area contributed by atoms with E-state index in [1.54, 1.807) is 0 Å². The Kier molecular flexibility index (Phi) is 4.38. The van der Waals surface area contributed by atoms with E-state index in [1.165, 1.54) is 18.4 Å². The molecule has 0 amide bonds. The van der Waals surface area contributed by atoms with E-state index >= 15 is 0 Å². The average Bonchev–Trinajstić information content (AvgIpc) is 2.31. The number of likely N-dealkylation sites (tertiary alicyclic amines) is 1. The molecule has 0 aromatic heterocycles. The molecule has 1 heterocycles. The molecule has 1 aliphatic carbocycles. The first-order valence-corrected chi connectivity index (χ1v) is 7.50. The monoisotopic (exact) mass is 261 g/mol. The summed E-state index contributed by atoms with van der Waals surface area (Å²) in [4.78, 5) is 2.46. The number of piperidine rings is 1. The van der Waals surface area contributed by atoms with Gasteiger partial charge in [-0.1, -0.05) is 18.6 Å². The molecule has 2 aliphatic rings. The minimum absolute atomic E-state index is 0.0871. The zero-order valence-corrected chi connectivity index (χ0v) is 12.8. The SMILES string of the molecule is C#CC[C@@]12C(=CCC[C@@H]1C)CC(OC(C)C)CN2C. The normalized spacial score (nSPS) is 35.7. The van der Waals surface area contributed by atoms with Crippen molar-refractivity contribution in [3.63, 3.8) is 0 Å². The van der Waals surface area contributed by atoms with Crippen LogP contribution < -0.4 is 0 Å². The molecule has 0 N–H and O–H groups in total. The van der Waals surface area contributed by atoms with E-state index in [-0.39, 0.29) is 5.54 Å². The highest BCUT2D eigenvalue weighted by molar-refractivity contribution is 5.31. The molecule has 1 unspecified atom stereocenters. The van der Waals surface area contributed by atoms with Gasteiger partial charge in [-0.25, -0.2) is 0 Å². The summed E-state index contributed by atoms with van der Waals surface area (Å²) >= 11 is 0. The van der Waals surface area contributed by atoms with Crippen molar-refractivity contribution in [1.82, 2.24) is 4.90 Å². The van der Waals surface area contributed by atoms with Crippen LogP contribution in [-0.2, 0) is 4.74 Å². The molecular formula is C17H27NO. The van der Waals surface area contributed by atoms with Gasteiger partial charge in [-0.05, 0) is 46.1 Å². The van der Waals surface area contributed by atoms with Gasteiger partial charge in [0.15, 0.2) is 0 Å². The van der Waals surface area contributed by atoms with E-state index in [0.717, 1.165) is 19.4 Å². The number of rotatable bonds is 3. The zero-order valence-electron chi connectivity index (χ0n) is 12.8. The van der Waals surface area contributed by atoms with Gasteiger partial charge in [0.1, 0.15) is 0 Å². The van der Waals surface area contributed by atoms with Crippen LogP contribution >= 0.6 is 0 Å². The molecule has 0 spiro atoms. The maximum atomic E-state index is 6.03. The van der Waals surface area contributed by atoms with E-state index in [0.29, 0.717) is 18.1 Å².